The van der Waals surface area contributed by atoms with Crippen molar-refractivity contribution in [2.75, 3.05) is 25.9 Å². The summed E-state index contributed by atoms with van der Waals surface area (Å²) < 4.78 is 0.232. The minimum Gasteiger partial charge on any atom is -0.392 e. The van der Waals surface area contributed by atoms with Gasteiger partial charge in [-0.05, 0) is 6.92 Å². The SMILES string of the molecule is CC(O)CN(C)C(=O)NCCSC(C)(C)C. The molecule has 2 N–H and O–H groups in total. The molecule has 1 atom stereocenters. The Labute approximate surface area is 103 Å². The lowest BCUT2D eigenvalue weighted by molar-refractivity contribution is 0.144. The molecular formula is C11H24N2O2S. The van der Waals surface area contributed by atoms with Crippen LogP contribution in [0.25, 0.3) is 0 Å². The van der Waals surface area contributed by atoms with Crippen LogP contribution in [-0.2, 0) is 0 Å². The second kappa shape index (κ2) is 7.01. The van der Waals surface area contributed by atoms with E-state index in [-0.39, 0.29) is 10.8 Å². The van der Waals surface area contributed by atoms with Crippen LogP contribution in [0.4, 0.5) is 4.79 Å². The highest BCUT2D eigenvalue weighted by Crippen LogP contribution is 2.21. The first-order valence-electron chi connectivity index (χ1n) is 5.53. The lowest BCUT2D eigenvalue weighted by Crippen LogP contribution is -2.41. The first-order valence-corrected chi connectivity index (χ1v) is 6.52. The van der Waals surface area contributed by atoms with E-state index in [4.69, 9.17) is 5.11 Å². The molecule has 1 unspecified atom stereocenters. The van der Waals surface area contributed by atoms with Crippen molar-refractivity contribution < 1.29 is 9.90 Å². The van der Waals surface area contributed by atoms with Crippen molar-refractivity contribution in [3.8, 4) is 0 Å². The highest BCUT2D eigenvalue weighted by molar-refractivity contribution is 8.00. The summed E-state index contributed by atoms with van der Waals surface area (Å²) in [7, 11) is 1.68. The summed E-state index contributed by atoms with van der Waals surface area (Å²) in [6.07, 6.45) is -0.486. The van der Waals surface area contributed by atoms with Gasteiger partial charge in [0.2, 0.25) is 0 Å². The number of hydrogen-bond acceptors (Lipinski definition) is 3. The Kier molecular flexibility index (Phi) is 6.83. The van der Waals surface area contributed by atoms with Gasteiger partial charge in [-0.15, -0.1) is 0 Å². The van der Waals surface area contributed by atoms with E-state index in [9.17, 15) is 4.79 Å². The lowest BCUT2D eigenvalue weighted by atomic mass is 10.3. The minimum absolute atomic E-state index is 0.129. The molecule has 16 heavy (non-hydrogen) atoms. The molecule has 2 amide bonds. The zero-order chi connectivity index (χ0) is 12.8. The predicted molar refractivity (Wildman–Crippen MR) is 69.9 cm³/mol. The fourth-order valence-corrected chi connectivity index (χ4v) is 1.95. The van der Waals surface area contributed by atoms with Crippen molar-refractivity contribution in [2.24, 2.45) is 0 Å². The molecule has 0 radical (unpaired) electrons. The Bertz CT molecular complexity index is 215. The van der Waals surface area contributed by atoms with E-state index in [2.05, 4.69) is 26.1 Å². The largest absolute Gasteiger partial charge is 0.392 e. The van der Waals surface area contributed by atoms with Gasteiger partial charge >= 0.3 is 6.03 Å². The van der Waals surface area contributed by atoms with Gasteiger partial charge in [-0.3, -0.25) is 0 Å². The van der Waals surface area contributed by atoms with Gasteiger partial charge in [-0.2, -0.15) is 11.8 Å². The van der Waals surface area contributed by atoms with E-state index in [0.29, 0.717) is 13.1 Å². The van der Waals surface area contributed by atoms with E-state index < -0.39 is 6.10 Å². The van der Waals surface area contributed by atoms with Crippen molar-refractivity contribution in [1.82, 2.24) is 10.2 Å². The van der Waals surface area contributed by atoms with Crippen LogP contribution in [0, 0.1) is 0 Å². The van der Waals surface area contributed by atoms with Crippen molar-refractivity contribution >= 4 is 17.8 Å². The molecule has 4 nitrogen and oxygen atoms in total. The highest BCUT2D eigenvalue weighted by atomic mass is 32.2. The fourth-order valence-electron chi connectivity index (χ4n) is 1.13. The third kappa shape index (κ3) is 8.85. The van der Waals surface area contributed by atoms with Gasteiger partial charge in [0.25, 0.3) is 0 Å². The molecule has 0 heterocycles. The molecule has 0 saturated carbocycles. The molecule has 0 saturated heterocycles. The molecule has 0 aliphatic carbocycles. The molecule has 0 aromatic heterocycles. The van der Waals surface area contributed by atoms with Crippen LogP contribution < -0.4 is 5.32 Å². The number of hydrogen-bond donors (Lipinski definition) is 2. The van der Waals surface area contributed by atoms with Crippen molar-refractivity contribution in [3.05, 3.63) is 0 Å². The molecule has 0 aromatic carbocycles. The Hall–Kier alpha value is -0.420. The number of aliphatic hydroxyl groups is 1. The average Bonchev–Trinajstić information content (AvgIpc) is 2.09. The third-order valence-electron chi connectivity index (χ3n) is 1.80. The second-order valence-electron chi connectivity index (χ2n) is 4.92. The summed E-state index contributed by atoms with van der Waals surface area (Å²) in [5.41, 5.74) is 0. The number of nitrogens with one attached hydrogen (secondary N) is 1. The first kappa shape index (κ1) is 15.6. The zero-order valence-corrected chi connectivity index (χ0v) is 11.7. The Balaban J connectivity index is 3.65. The first-order chi connectivity index (χ1) is 7.22. The number of thioether (sulfide) groups is 1. The quantitative estimate of drug-likeness (QED) is 0.726. The maximum absolute atomic E-state index is 11.5. The van der Waals surface area contributed by atoms with E-state index in [1.165, 1.54) is 4.90 Å². The molecule has 96 valence electrons. The lowest BCUT2D eigenvalue weighted by Gasteiger charge is -2.21. The summed E-state index contributed by atoms with van der Waals surface area (Å²) in [6.45, 7) is 9.14. The monoisotopic (exact) mass is 248 g/mol. The number of rotatable bonds is 5. The third-order valence-corrected chi connectivity index (χ3v) is 3.07. The highest BCUT2D eigenvalue weighted by Gasteiger charge is 2.12. The van der Waals surface area contributed by atoms with Crippen LogP contribution in [-0.4, -0.2) is 52.8 Å². The number of likely N-dealkylation sites (N-methyl/N-ethyl adjacent to an activating group) is 1. The molecule has 0 spiro atoms. The molecule has 0 fully saturated rings. The number of urea groups is 1. The van der Waals surface area contributed by atoms with Crippen molar-refractivity contribution in [3.63, 3.8) is 0 Å². The predicted octanol–water partition coefficient (Wildman–Crippen LogP) is 1.54. The Morgan fingerprint density at radius 3 is 2.50 bits per heavy atom. The van der Waals surface area contributed by atoms with Crippen LogP contribution >= 0.6 is 11.8 Å². The molecular weight excluding hydrogens is 224 g/mol. The van der Waals surface area contributed by atoms with Crippen molar-refractivity contribution in [2.45, 2.75) is 38.5 Å². The van der Waals surface area contributed by atoms with Gasteiger partial charge in [0.1, 0.15) is 0 Å². The summed E-state index contributed by atoms with van der Waals surface area (Å²) in [6, 6.07) is -0.129. The Morgan fingerprint density at radius 1 is 1.50 bits per heavy atom. The number of aliphatic hydroxyl groups excluding tert-OH is 1. The van der Waals surface area contributed by atoms with Crippen LogP contribution in [0.2, 0.25) is 0 Å². The average molecular weight is 248 g/mol. The zero-order valence-electron chi connectivity index (χ0n) is 10.9. The minimum atomic E-state index is -0.486. The van der Waals surface area contributed by atoms with Crippen LogP contribution in [0.5, 0.6) is 0 Å². The number of amides is 2. The molecule has 5 heteroatoms. The number of nitrogens with zero attached hydrogens (tertiary/aromatic N) is 1. The normalized spacial score (nSPS) is 13.4. The molecule has 0 rings (SSSR count). The van der Waals surface area contributed by atoms with E-state index in [0.717, 1.165) is 5.75 Å². The van der Waals surface area contributed by atoms with Crippen molar-refractivity contribution in [1.29, 1.82) is 0 Å². The second-order valence-corrected chi connectivity index (χ2v) is 6.84. The van der Waals surface area contributed by atoms with E-state index >= 15 is 0 Å². The molecule has 0 aromatic rings. The van der Waals surface area contributed by atoms with Crippen LogP contribution in [0.1, 0.15) is 27.7 Å². The maximum atomic E-state index is 11.5. The molecule has 0 aliphatic rings. The van der Waals surface area contributed by atoms with Gasteiger partial charge in [-0.25, -0.2) is 4.79 Å². The summed E-state index contributed by atoms with van der Waals surface area (Å²) in [5, 5.41) is 11.9. The van der Waals surface area contributed by atoms with Gasteiger partial charge in [0.05, 0.1) is 6.10 Å². The van der Waals surface area contributed by atoms with Crippen LogP contribution in [0.15, 0.2) is 0 Å². The number of carbonyl (C=O) groups excluding carboxylic acids is 1. The number of carbonyl (C=O) groups is 1. The molecule has 0 aliphatic heterocycles. The summed E-state index contributed by atoms with van der Waals surface area (Å²) in [4.78, 5) is 13.0. The maximum Gasteiger partial charge on any atom is 0.317 e. The molecule has 0 bridgehead atoms. The topological polar surface area (TPSA) is 52.6 Å². The standard InChI is InChI=1S/C11H24N2O2S/c1-9(14)8-13(5)10(15)12-6-7-16-11(2,3)4/h9,14H,6-8H2,1-5H3,(H,12,15). The fraction of sp³-hybridized carbons (Fsp3) is 0.909. The van der Waals surface area contributed by atoms with Gasteiger partial charge < -0.3 is 15.3 Å². The van der Waals surface area contributed by atoms with Gasteiger partial charge in [-0.1, -0.05) is 20.8 Å². The van der Waals surface area contributed by atoms with E-state index in [1.54, 1.807) is 14.0 Å². The Morgan fingerprint density at radius 2 is 2.06 bits per heavy atom. The van der Waals surface area contributed by atoms with Crippen LogP contribution in [0.3, 0.4) is 0 Å². The summed E-state index contributed by atoms with van der Waals surface area (Å²) >= 11 is 1.82. The van der Waals surface area contributed by atoms with E-state index in [1.807, 2.05) is 11.8 Å². The smallest absolute Gasteiger partial charge is 0.317 e. The van der Waals surface area contributed by atoms with Gasteiger partial charge in [0, 0.05) is 30.6 Å². The summed E-state index contributed by atoms with van der Waals surface area (Å²) in [5.74, 6) is 0.901. The van der Waals surface area contributed by atoms with Gasteiger partial charge in [0.15, 0.2) is 0 Å².